The highest BCUT2D eigenvalue weighted by atomic mass is 19.4. The number of fused-ring (bicyclic) bond motifs is 1. The molecule has 0 spiro atoms. The Bertz CT molecular complexity index is 868. The molecule has 2 aromatic rings. The number of carbonyl (C=O) groups excluding carboxylic acids is 3. The Hall–Kier alpha value is -2.96. The second-order valence-electron chi connectivity index (χ2n) is 5.71. The van der Waals surface area contributed by atoms with Crippen LogP contribution >= 0.6 is 0 Å². The largest absolute Gasteiger partial charge is 0.416 e. The van der Waals surface area contributed by atoms with E-state index in [2.05, 4.69) is 0 Å². The minimum absolute atomic E-state index is 0.0644. The Morgan fingerprint density at radius 3 is 2.04 bits per heavy atom. The second kappa shape index (κ2) is 5.84. The molecule has 1 aliphatic heterocycles. The number of rotatable bonds is 3. The van der Waals surface area contributed by atoms with Crippen LogP contribution in [0.5, 0.6) is 0 Å². The molecule has 0 aromatic heterocycles. The molecule has 2 aromatic carbocycles. The first-order valence-electron chi connectivity index (χ1n) is 7.36. The Kier molecular flexibility index (Phi) is 3.94. The zero-order chi connectivity index (χ0) is 18.4. The number of nitrogens with zero attached hydrogens (tertiary/aromatic N) is 1. The quantitative estimate of drug-likeness (QED) is 0.628. The van der Waals surface area contributed by atoms with Crippen LogP contribution in [0.15, 0.2) is 42.5 Å². The van der Waals surface area contributed by atoms with Crippen LogP contribution in [0.25, 0.3) is 0 Å². The molecule has 0 aliphatic carbocycles. The first-order chi connectivity index (χ1) is 11.7. The molecule has 2 amide bonds. The van der Waals surface area contributed by atoms with Crippen LogP contribution in [-0.2, 0) is 12.7 Å². The Balaban J connectivity index is 1.99. The summed E-state index contributed by atoms with van der Waals surface area (Å²) in [6, 6.07) is 9.05. The van der Waals surface area contributed by atoms with Crippen molar-refractivity contribution in [2.24, 2.45) is 0 Å². The van der Waals surface area contributed by atoms with E-state index >= 15 is 0 Å². The molecule has 7 heteroatoms. The van der Waals surface area contributed by atoms with Gasteiger partial charge < -0.3 is 0 Å². The van der Waals surface area contributed by atoms with Crippen molar-refractivity contribution in [3.63, 3.8) is 0 Å². The molecule has 0 bridgehead atoms. The molecule has 0 radical (unpaired) electrons. The highest BCUT2D eigenvalue weighted by Gasteiger charge is 2.36. The van der Waals surface area contributed by atoms with Crippen LogP contribution in [0.1, 0.15) is 49.1 Å². The summed E-state index contributed by atoms with van der Waals surface area (Å²) in [6.45, 7) is 0.817. The van der Waals surface area contributed by atoms with Crippen LogP contribution in [-0.4, -0.2) is 22.5 Å². The smallest absolute Gasteiger partial charge is 0.295 e. The molecule has 1 heterocycles. The fourth-order valence-electron chi connectivity index (χ4n) is 2.72. The maximum absolute atomic E-state index is 13.0. The van der Waals surface area contributed by atoms with Gasteiger partial charge >= 0.3 is 6.18 Å². The van der Waals surface area contributed by atoms with Gasteiger partial charge in [-0.3, -0.25) is 19.3 Å². The average molecular weight is 347 g/mol. The fourth-order valence-corrected chi connectivity index (χ4v) is 2.72. The van der Waals surface area contributed by atoms with Crippen molar-refractivity contribution >= 4 is 17.6 Å². The third kappa shape index (κ3) is 3.05. The second-order valence-corrected chi connectivity index (χ2v) is 5.71. The maximum Gasteiger partial charge on any atom is 0.416 e. The first kappa shape index (κ1) is 16.9. The Morgan fingerprint density at radius 2 is 1.56 bits per heavy atom. The minimum atomic E-state index is -4.64. The predicted molar refractivity (Wildman–Crippen MR) is 82.1 cm³/mol. The van der Waals surface area contributed by atoms with Crippen LogP contribution in [0, 0.1) is 0 Å². The monoisotopic (exact) mass is 347 g/mol. The molecule has 0 saturated heterocycles. The van der Waals surface area contributed by atoms with Gasteiger partial charge in [0.1, 0.15) is 0 Å². The average Bonchev–Trinajstić information content (AvgIpc) is 2.79. The van der Waals surface area contributed by atoms with Crippen molar-refractivity contribution in [1.82, 2.24) is 4.90 Å². The van der Waals surface area contributed by atoms with Gasteiger partial charge in [0.15, 0.2) is 5.78 Å². The topological polar surface area (TPSA) is 54.5 Å². The number of Topliss-reactive ketones (excluding diaryl/α,β-unsaturated/α-hetero) is 1. The highest BCUT2D eigenvalue weighted by Crippen LogP contribution is 2.32. The van der Waals surface area contributed by atoms with Gasteiger partial charge in [-0.1, -0.05) is 12.1 Å². The number of ketones is 1. The van der Waals surface area contributed by atoms with E-state index in [-0.39, 0.29) is 28.8 Å². The van der Waals surface area contributed by atoms with Crippen molar-refractivity contribution in [2.45, 2.75) is 19.6 Å². The zero-order valence-electron chi connectivity index (χ0n) is 13.1. The summed E-state index contributed by atoms with van der Waals surface area (Å²) in [5.41, 5.74) is -0.625. The maximum atomic E-state index is 13.0. The fraction of sp³-hybridized carbons (Fsp3) is 0.167. The number of benzene rings is 2. The molecule has 3 rings (SSSR count). The summed E-state index contributed by atoms with van der Waals surface area (Å²) in [6.07, 6.45) is -4.64. The lowest BCUT2D eigenvalue weighted by Gasteiger charge is -2.16. The van der Waals surface area contributed by atoms with E-state index in [1.807, 2.05) is 0 Å². The first-order valence-corrected chi connectivity index (χ1v) is 7.36. The van der Waals surface area contributed by atoms with Crippen molar-refractivity contribution in [3.05, 3.63) is 70.3 Å². The summed E-state index contributed by atoms with van der Waals surface area (Å²) < 4.78 is 39.1. The Labute approximate surface area is 140 Å². The molecule has 0 N–H and O–H groups in total. The highest BCUT2D eigenvalue weighted by molar-refractivity contribution is 6.21. The van der Waals surface area contributed by atoms with Crippen LogP contribution in [0.4, 0.5) is 13.2 Å². The summed E-state index contributed by atoms with van der Waals surface area (Å²) in [4.78, 5) is 37.0. The van der Waals surface area contributed by atoms with Crippen LogP contribution in [0.2, 0.25) is 0 Å². The van der Waals surface area contributed by atoms with Crippen molar-refractivity contribution in [2.75, 3.05) is 0 Å². The van der Waals surface area contributed by atoms with Crippen molar-refractivity contribution in [1.29, 1.82) is 0 Å². The summed E-state index contributed by atoms with van der Waals surface area (Å²) in [5.74, 6) is -1.67. The Morgan fingerprint density at radius 1 is 1.00 bits per heavy atom. The van der Waals surface area contributed by atoms with Crippen molar-refractivity contribution in [3.8, 4) is 0 Å². The van der Waals surface area contributed by atoms with E-state index in [1.54, 1.807) is 12.1 Å². The molecule has 0 fully saturated rings. The standard InChI is InChI=1S/C18H12F3NO3/c1-10(23)12-6-11(7-13(8-12)18(19,20)21)9-22-16(24)14-4-2-3-5-15(14)17(22)25/h2-8H,9H2,1H3. The lowest BCUT2D eigenvalue weighted by molar-refractivity contribution is -0.137. The summed E-state index contributed by atoms with van der Waals surface area (Å²) in [5, 5.41) is 0. The van der Waals surface area contributed by atoms with Gasteiger partial charge in [0.25, 0.3) is 11.8 Å². The van der Waals surface area contributed by atoms with E-state index < -0.39 is 29.3 Å². The van der Waals surface area contributed by atoms with Gasteiger partial charge in [0.2, 0.25) is 0 Å². The number of imide groups is 1. The SMILES string of the molecule is CC(=O)c1cc(CN2C(=O)c3ccccc3C2=O)cc(C(F)(F)F)c1. The third-order valence-corrected chi connectivity index (χ3v) is 3.95. The van der Waals surface area contributed by atoms with Gasteiger partial charge in [0, 0.05) is 5.56 Å². The van der Waals surface area contributed by atoms with Gasteiger partial charge in [-0.15, -0.1) is 0 Å². The van der Waals surface area contributed by atoms with Crippen LogP contribution in [0.3, 0.4) is 0 Å². The van der Waals surface area contributed by atoms with E-state index in [0.29, 0.717) is 0 Å². The number of amides is 2. The van der Waals surface area contributed by atoms with E-state index in [1.165, 1.54) is 18.2 Å². The number of hydrogen-bond donors (Lipinski definition) is 0. The molecule has 128 valence electrons. The molecule has 0 unspecified atom stereocenters. The summed E-state index contributed by atoms with van der Waals surface area (Å²) in [7, 11) is 0. The van der Waals surface area contributed by atoms with Gasteiger partial charge in [-0.05, 0) is 42.8 Å². The van der Waals surface area contributed by atoms with Gasteiger partial charge in [-0.2, -0.15) is 13.2 Å². The molecular weight excluding hydrogens is 335 g/mol. The lowest BCUT2D eigenvalue weighted by Crippen LogP contribution is -2.29. The van der Waals surface area contributed by atoms with Gasteiger partial charge in [0.05, 0.1) is 23.2 Å². The molecule has 4 nitrogen and oxygen atoms in total. The van der Waals surface area contributed by atoms with Crippen LogP contribution < -0.4 is 0 Å². The molecule has 1 aliphatic rings. The summed E-state index contributed by atoms with van der Waals surface area (Å²) >= 11 is 0. The van der Waals surface area contributed by atoms with E-state index in [9.17, 15) is 27.6 Å². The normalized spacial score (nSPS) is 14.0. The van der Waals surface area contributed by atoms with E-state index in [4.69, 9.17) is 0 Å². The lowest BCUT2D eigenvalue weighted by atomic mass is 10.0. The number of halogens is 3. The predicted octanol–water partition coefficient (Wildman–Crippen LogP) is 3.70. The molecule has 25 heavy (non-hydrogen) atoms. The minimum Gasteiger partial charge on any atom is -0.295 e. The molecule has 0 atom stereocenters. The molecule has 0 saturated carbocycles. The van der Waals surface area contributed by atoms with Gasteiger partial charge in [-0.25, -0.2) is 0 Å². The van der Waals surface area contributed by atoms with Crippen molar-refractivity contribution < 1.29 is 27.6 Å². The zero-order valence-corrected chi connectivity index (χ0v) is 13.1. The number of hydrogen-bond acceptors (Lipinski definition) is 3. The third-order valence-electron chi connectivity index (χ3n) is 3.95. The number of carbonyl (C=O) groups is 3. The van der Waals surface area contributed by atoms with E-state index in [0.717, 1.165) is 24.0 Å². The molecular formula is C18H12F3NO3. The number of alkyl halides is 3.